The SMILES string of the molecule is CCCCCCCCCCOC(CC)C(Cl)(CCO)CCO.N. The van der Waals surface area contributed by atoms with Crippen molar-refractivity contribution in [2.24, 2.45) is 0 Å². The van der Waals surface area contributed by atoms with Gasteiger partial charge in [-0.25, -0.2) is 0 Å². The van der Waals surface area contributed by atoms with Gasteiger partial charge in [0.2, 0.25) is 0 Å². The van der Waals surface area contributed by atoms with Crippen molar-refractivity contribution in [2.75, 3.05) is 19.8 Å². The molecule has 0 saturated carbocycles. The summed E-state index contributed by atoms with van der Waals surface area (Å²) in [6.45, 7) is 5.07. The molecule has 0 rings (SSSR count). The predicted molar refractivity (Wildman–Crippen MR) is 99.7 cm³/mol. The molecule has 0 aromatic rings. The maximum Gasteiger partial charge on any atom is 0.0765 e. The number of ether oxygens (including phenoxy) is 1. The third kappa shape index (κ3) is 12.2. The molecular weight excluding hydrogens is 314 g/mol. The third-order valence-electron chi connectivity index (χ3n) is 4.32. The Morgan fingerprint density at radius 3 is 1.78 bits per heavy atom. The Bertz CT molecular complexity index is 236. The van der Waals surface area contributed by atoms with Crippen molar-refractivity contribution in [2.45, 2.75) is 95.5 Å². The van der Waals surface area contributed by atoms with Crippen molar-refractivity contribution < 1.29 is 14.9 Å². The highest BCUT2D eigenvalue weighted by molar-refractivity contribution is 6.24. The molecule has 0 fully saturated rings. The highest BCUT2D eigenvalue weighted by Crippen LogP contribution is 2.32. The topological polar surface area (TPSA) is 84.7 Å². The first kappa shape index (κ1) is 25.4. The Morgan fingerprint density at radius 2 is 1.35 bits per heavy atom. The van der Waals surface area contributed by atoms with Gasteiger partial charge in [-0.3, -0.25) is 0 Å². The second-order valence-corrected chi connectivity index (χ2v) is 6.98. The Kier molecular flexibility index (Phi) is 18.7. The molecule has 4 nitrogen and oxygen atoms in total. The standard InChI is InChI=1S/C18H37ClO3.H3N/c1-3-5-6-7-8-9-10-11-16-22-17(4-2)18(19,12-14-20)13-15-21;/h17,20-21H,3-16H2,1-2H3;1H3. The number of halogens is 1. The molecule has 5 N–H and O–H groups in total. The maximum atomic E-state index is 9.18. The van der Waals surface area contributed by atoms with Gasteiger partial charge in [0.15, 0.2) is 0 Å². The molecule has 0 heterocycles. The van der Waals surface area contributed by atoms with Crippen LogP contribution >= 0.6 is 11.6 Å². The first-order valence-corrected chi connectivity index (χ1v) is 9.54. The van der Waals surface area contributed by atoms with Gasteiger partial charge in [0.1, 0.15) is 0 Å². The maximum absolute atomic E-state index is 9.18. The van der Waals surface area contributed by atoms with Crippen molar-refractivity contribution in [3.8, 4) is 0 Å². The highest BCUT2D eigenvalue weighted by Gasteiger charge is 2.35. The zero-order chi connectivity index (χ0) is 16.7. The summed E-state index contributed by atoms with van der Waals surface area (Å²) in [5.41, 5.74) is 0. The van der Waals surface area contributed by atoms with E-state index in [1.807, 2.05) is 6.92 Å². The average molecular weight is 354 g/mol. The number of rotatable bonds is 16. The Balaban J connectivity index is 0. The van der Waals surface area contributed by atoms with Crippen LogP contribution in [0.5, 0.6) is 0 Å². The van der Waals surface area contributed by atoms with Crippen LogP contribution in [0.25, 0.3) is 0 Å². The first-order valence-electron chi connectivity index (χ1n) is 9.16. The van der Waals surface area contributed by atoms with Gasteiger partial charge in [0, 0.05) is 19.8 Å². The average Bonchev–Trinajstić information content (AvgIpc) is 2.49. The van der Waals surface area contributed by atoms with E-state index in [1.54, 1.807) is 0 Å². The minimum Gasteiger partial charge on any atom is -0.396 e. The van der Waals surface area contributed by atoms with E-state index in [0.29, 0.717) is 12.8 Å². The van der Waals surface area contributed by atoms with Gasteiger partial charge in [-0.05, 0) is 25.7 Å². The summed E-state index contributed by atoms with van der Waals surface area (Å²) in [6.07, 6.45) is 11.9. The predicted octanol–water partition coefficient (Wildman–Crippen LogP) is 4.83. The Labute approximate surface area is 148 Å². The smallest absolute Gasteiger partial charge is 0.0765 e. The van der Waals surface area contributed by atoms with Crippen LogP contribution in [0.2, 0.25) is 0 Å². The molecule has 0 aliphatic carbocycles. The molecule has 0 bridgehead atoms. The molecule has 0 radical (unpaired) electrons. The number of hydrogen-bond acceptors (Lipinski definition) is 4. The van der Waals surface area contributed by atoms with Crippen molar-refractivity contribution >= 4 is 11.6 Å². The second kappa shape index (κ2) is 17.0. The number of aliphatic hydroxyl groups excluding tert-OH is 2. The van der Waals surface area contributed by atoms with Crippen molar-refractivity contribution in [3.05, 3.63) is 0 Å². The van der Waals surface area contributed by atoms with Crippen LogP contribution in [0.4, 0.5) is 0 Å². The van der Waals surface area contributed by atoms with E-state index in [9.17, 15) is 10.2 Å². The van der Waals surface area contributed by atoms with Crippen molar-refractivity contribution in [3.63, 3.8) is 0 Å². The second-order valence-electron chi connectivity index (χ2n) is 6.22. The van der Waals surface area contributed by atoms with Crippen molar-refractivity contribution in [1.82, 2.24) is 6.15 Å². The molecule has 142 valence electrons. The normalized spacial score (nSPS) is 12.9. The summed E-state index contributed by atoms with van der Waals surface area (Å²) in [4.78, 5) is -0.640. The summed E-state index contributed by atoms with van der Waals surface area (Å²) in [5, 5.41) is 18.4. The van der Waals surface area contributed by atoms with Crippen LogP contribution in [0, 0.1) is 0 Å². The fraction of sp³-hybridized carbons (Fsp3) is 1.00. The van der Waals surface area contributed by atoms with Gasteiger partial charge < -0.3 is 21.1 Å². The molecular formula is C18H40ClNO3. The molecule has 0 aliphatic rings. The van der Waals surface area contributed by atoms with E-state index in [1.165, 1.54) is 44.9 Å². The van der Waals surface area contributed by atoms with Gasteiger partial charge in [-0.15, -0.1) is 11.6 Å². The van der Waals surface area contributed by atoms with Crippen LogP contribution in [0.1, 0.15) is 84.5 Å². The summed E-state index contributed by atoms with van der Waals surface area (Å²) in [6, 6.07) is 0. The number of aliphatic hydroxyl groups is 2. The largest absolute Gasteiger partial charge is 0.396 e. The van der Waals surface area contributed by atoms with Gasteiger partial charge in [-0.2, -0.15) is 0 Å². The Morgan fingerprint density at radius 1 is 0.870 bits per heavy atom. The molecule has 1 atom stereocenters. The van der Waals surface area contributed by atoms with E-state index in [4.69, 9.17) is 16.3 Å². The fourth-order valence-electron chi connectivity index (χ4n) is 2.91. The van der Waals surface area contributed by atoms with Gasteiger partial charge in [0.05, 0.1) is 11.0 Å². The number of unbranched alkanes of at least 4 members (excludes halogenated alkanes) is 7. The van der Waals surface area contributed by atoms with E-state index >= 15 is 0 Å². The minimum absolute atomic E-state index is 0. The molecule has 23 heavy (non-hydrogen) atoms. The van der Waals surface area contributed by atoms with E-state index in [2.05, 4.69) is 6.92 Å². The number of hydrogen-bond donors (Lipinski definition) is 3. The van der Waals surface area contributed by atoms with Crippen LogP contribution < -0.4 is 6.15 Å². The lowest BCUT2D eigenvalue weighted by Gasteiger charge is -2.34. The third-order valence-corrected chi connectivity index (χ3v) is 4.94. The molecule has 5 heteroatoms. The van der Waals surface area contributed by atoms with Crippen molar-refractivity contribution in [1.29, 1.82) is 0 Å². The zero-order valence-corrected chi connectivity index (χ0v) is 16.1. The van der Waals surface area contributed by atoms with Crippen LogP contribution in [0.15, 0.2) is 0 Å². The quantitative estimate of drug-likeness (QED) is 0.274. The van der Waals surface area contributed by atoms with Gasteiger partial charge >= 0.3 is 0 Å². The van der Waals surface area contributed by atoms with Crippen LogP contribution in [0.3, 0.4) is 0 Å². The molecule has 0 spiro atoms. The summed E-state index contributed by atoms with van der Waals surface area (Å²) in [5.74, 6) is 0. The monoisotopic (exact) mass is 353 g/mol. The molecule has 0 aromatic carbocycles. The van der Waals surface area contributed by atoms with E-state index < -0.39 is 4.87 Å². The molecule has 0 aliphatic heterocycles. The number of alkyl halides is 1. The lowest BCUT2D eigenvalue weighted by molar-refractivity contribution is 0.00483. The van der Waals surface area contributed by atoms with E-state index in [0.717, 1.165) is 19.4 Å². The van der Waals surface area contributed by atoms with Crippen LogP contribution in [-0.4, -0.2) is 41.0 Å². The first-order chi connectivity index (χ1) is 10.6. The molecule has 0 aromatic heterocycles. The zero-order valence-electron chi connectivity index (χ0n) is 15.4. The lowest BCUT2D eigenvalue weighted by atomic mass is 9.92. The van der Waals surface area contributed by atoms with Gasteiger partial charge in [-0.1, -0.05) is 58.8 Å². The van der Waals surface area contributed by atoms with E-state index in [-0.39, 0.29) is 25.5 Å². The summed E-state index contributed by atoms with van der Waals surface area (Å²) < 4.78 is 5.95. The summed E-state index contributed by atoms with van der Waals surface area (Å²) in [7, 11) is 0. The lowest BCUT2D eigenvalue weighted by Crippen LogP contribution is -2.40. The fourth-order valence-corrected chi connectivity index (χ4v) is 3.30. The molecule has 1 unspecified atom stereocenters. The molecule has 0 saturated heterocycles. The highest BCUT2D eigenvalue weighted by atomic mass is 35.5. The Hall–Kier alpha value is 0.130. The van der Waals surface area contributed by atoms with Crippen LogP contribution in [-0.2, 0) is 4.74 Å². The summed E-state index contributed by atoms with van der Waals surface area (Å²) >= 11 is 6.57. The van der Waals surface area contributed by atoms with Gasteiger partial charge in [0.25, 0.3) is 0 Å². The minimum atomic E-state index is -0.640. The molecule has 0 amide bonds.